The summed E-state index contributed by atoms with van der Waals surface area (Å²) in [5.41, 5.74) is 0. The zero-order valence-corrected chi connectivity index (χ0v) is 11.3. The number of aryl methyl sites for hydroxylation is 1. The van der Waals surface area contributed by atoms with Crippen molar-refractivity contribution in [1.29, 1.82) is 0 Å². The maximum absolute atomic E-state index is 4.37. The predicted molar refractivity (Wildman–Crippen MR) is 77.9 cm³/mol. The first-order valence-electron chi connectivity index (χ1n) is 6.42. The van der Waals surface area contributed by atoms with E-state index < -0.39 is 0 Å². The van der Waals surface area contributed by atoms with E-state index in [2.05, 4.69) is 30.9 Å². The third-order valence-corrected chi connectivity index (χ3v) is 2.61. The molecule has 0 aliphatic carbocycles. The molecular formula is C13H20N6. The van der Waals surface area contributed by atoms with Crippen molar-refractivity contribution in [3.8, 4) is 0 Å². The van der Waals surface area contributed by atoms with Gasteiger partial charge in [-0.3, -0.25) is 0 Å². The summed E-state index contributed by atoms with van der Waals surface area (Å²) in [6.07, 6.45) is 2.92. The van der Waals surface area contributed by atoms with Crippen LogP contribution in [-0.4, -0.2) is 35.1 Å². The molecule has 0 amide bonds. The van der Waals surface area contributed by atoms with Crippen LogP contribution in [0.3, 0.4) is 0 Å². The average molecular weight is 260 g/mol. The van der Waals surface area contributed by atoms with Gasteiger partial charge in [0.1, 0.15) is 23.3 Å². The van der Waals surface area contributed by atoms with Crippen LogP contribution in [0.4, 0.5) is 17.5 Å². The van der Waals surface area contributed by atoms with Crippen molar-refractivity contribution in [2.75, 3.05) is 30.8 Å². The van der Waals surface area contributed by atoms with Gasteiger partial charge in [-0.25, -0.2) is 9.97 Å². The highest BCUT2D eigenvalue weighted by Crippen LogP contribution is 2.15. The fourth-order valence-electron chi connectivity index (χ4n) is 1.75. The number of H-pyrrole nitrogens is 1. The van der Waals surface area contributed by atoms with E-state index >= 15 is 0 Å². The van der Waals surface area contributed by atoms with Crippen molar-refractivity contribution in [3.63, 3.8) is 0 Å². The van der Waals surface area contributed by atoms with Crippen molar-refractivity contribution >= 4 is 17.5 Å². The highest BCUT2D eigenvalue weighted by atomic mass is 15.1. The first-order chi connectivity index (χ1) is 9.28. The third-order valence-electron chi connectivity index (χ3n) is 2.61. The zero-order valence-electron chi connectivity index (χ0n) is 11.3. The molecule has 0 atom stereocenters. The first-order valence-corrected chi connectivity index (χ1v) is 6.42. The molecule has 2 aromatic heterocycles. The molecule has 0 spiro atoms. The lowest BCUT2D eigenvalue weighted by Gasteiger charge is -2.09. The molecule has 6 heteroatoms. The summed E-state index contributed by atoms with van der Waals surface area (Å²) in [6.45, 7) is 3.77. The van der Waals surface area contributed by atoms with Crippen LogP contribution >= 0.6 is 0 Å². The SMILES string of the molecule is CNCCCNc1cc(Nc2ccc[nH]2)nc(C)n1. The van der Waals surface area contributed by atoms with Gasteiger partial charge in [0, 0.05) is 18.8 Å². The topological polar surface area (TPSA) is 77.7 Å². The molecule has 0 unspecified atom stereocenters. The van der Waals surface area contributed by atoms with E-state index in [1.54, 1.807) is 0 Å². The number of aromatic nitrogens is 3. The molecule has 0 aromatic carbocycles. The Morgan fingerprint density at radius 1 is 1.21 bits per heavy atom. The average Bonchev–Trinajstić information content (AvgIpc) is 2.87. The molecule has 0 radical (unpaired) electrons. The molecule has 0 bridgehead atoms. The number of nitrogens with zero attached hydrogens (tertiary/aromatic N) is 2. The zero-order chi connectivity index (χ0) is 13.5. The van der Waals surface area contributed by atoms with Crippen molar-refractivity contribution in [2.24, 2.45) is 0 Å². The quantitative estimate of drug-likeness (QED) is 0.572. The number of aromatic amines is 1. The molecule has 19 heavy (non-hydrogen) atoms. The summed E-state index contributed by atoms with van der Waals surface area (Å²) < 4.78 is 0. The van der Waals surface area contributed by atoms with Gasteiger partial charge >= 0.3 is 0 Å². The molecule has 102 valence electrons. The lowest BCUT2D eigenvalue weighted by Crippen LogP contribution is -2.13. The Bertz CT molecular complexity index is 494. The summed E-state index contributed by atoms with van der Waals surface area (Å²) in [7, 11) is 1.95. The Morgan fingerprint density at radius 3 is 2.79 bits per heavy atom. The first kappa shape index (κ1) is 13.4. The molecule has 6 nitrogen and oxygen atoms in total. The van der Waals surface area contributed by atoms with Crippen molar-refractivity contribution in [3.05, 3.63) is 30.2 Å². The van der Waals surface area contributed by atoms with Crippen LogP contribution in [0.25, 0.3) is 0 Å². The number of hydrogen-bond donors (Lipinski definition) is 4. The Balaban J connectivity index is 1.98. The van der Waals surface area contributed by atoms with E-state index in [0.29, 0.717) is 0 Å². The van der Waals surface area contributed by atoms with Crippen LogP contribution < -0.4 is 16.0 Å². The summed E-state index contributed by atoms with van der Waals surface area (Å²) in [4.78, 5) is 11.8. The smallest absolute Gasteiger partial charge is 0.137 e. The number of rotatable bonds is 7. The number of hydrogen-bond acceptors (Lipinski definition) is 5. The van der Waals surface area contributed by atoms with E-state index in [0.717, 1.165) is 42.8 Å². The highest BCUT2D eigenvalue weighted by molar-refractivity contribution is 5.56. The van der Waals surface area contributed by atoms with Crippen LogP contribution in [0.1, 0.15) is 12.2 Å². The molecule has 0 aliphatic heterocycles. The summed E-state index contributed by atoms with van der Waals surface area (Å²) >= 11 is 0. The number of nitrogens with one attached hydrogen (secondary N) is 4. The predicted octanol–water partition coefficient (Wildman–Crippen LogP) is 1.88. The van der Waals surface area contributed by atoms with Crippen LogP contribution in [-0.2, 0) is 0 Å². The van der Waals surface area contributed by atoms with Gasteiger partial charge in [-0.05, 0) is 39.1 Å². The molecule has 0 aliphatic rings. The van der Waals surface area contributed by atoms with Crippen LogP contribution in [0.15, 0.2) is 24.4 Å². The Hall–Kier alpha value is -2.08. The molecule has 2 heterocycles. The van der Waals surface area contributed by atoms with Crippen LogP contribution in [0, 0.1) is 6.92 Å². The van der Waals surface area contributed by atoms with E-state index in [4.69, 9.17) is 0 Å². The standard InChI is InChI=1S/C13H20N6/c1-10-17-12(16-8-4-6-14-2)9-13(18-10)19-11-5-3-7-15-11/h3,5,7,9,14-15H,4,6,8H2,1-2H3,(H2,16,17,18,19). The number of anilines is 3. The molecule has 2 aromatic rings. The summed E-state index contributed by atoms with van der Waals surface area (Å²) in [5.74, 6) is 3.29. The van der Waals surface area contributed by atoms with Crippen LogP contribution in [0.5, 0.6) is 0 Å². The van der Waals surface area contributed by atoms with Gasteiger partial charge in [0.05, 0.1) is 0 Å². The minimum atomic E-state index is 0.743. The maximum atomic E-state index is 4.37. The van der Waals surface area contributed by atoms with Gasteiger partial charge in [0.2, 0.25) is 0 Å². The molecule has 0 fully saturated rings. The minimum absolute atomic E-state index is 0.743. The van der Waals surface area contributed by atoms with Gasteiger partial charge in [-0.15, -0.1) is 0 Å². The van der Waals surface area contributed by atoms with Crippen molar-refractivity contribution in [1.82, 2.24) is 20.3 Å². The second-order valence-electron chi connectivity index (χ2n) is 4.28. The van der Waals surface area contributed by atoms with Gasteiger partial charge in [-0.1, -0.05) is 0 Å². The van der Waals surface area contributed by atoms with E-state index in [9.17, 15) is 0 Å². The molecule has 4 N–H and O–H groups in total. The second-order valence-corrected chi connectivity index (χ2v) is 4.28. The minimum Gasteiger partial charge on any atom is -0.370 e. The summed E-state index contributed by atoms with van der Waals surface area (Å²) in [5, 5.41) is 9.62. The normalized spacial score (nSPS) is 10.4. The van der Waals surface area contributed by atoms with E-state index in [1.807, 2.05) is 38.4 Å². The largest absolute Gasteiger partial charge is 0.370 e. The Kier molecular flexibility index (Phi) is 4.74. The lowest BCUT2D eigenvalue weighted by molar-refractivity contribution is 0.746. The highest BCUT2D eigenvalue weighted by Gasteiger charge is 2.02. The fraction of sp³-hybridized carbons (Fsp3) is 0.385. The van der Waals surface area contributed by atoms with Crippen LogP contribution in [0.2, 0.25) is 0 Å². The van der Waals surface area contributed by atoms with Gasteiger partial charge < -0.3 is 20.9 Å². The molecule has 0 saturated heterocycles. The lowest BCUT2D eigenvalue weighted by atomic mass is 10.4. The molecule has 0 saturated carbocycles. The van der Waals surface area contributed by atoms with Gasteiger partial charge in [0.15, 0.2) is 0 Å². The van der Waals surface area contributed by atoms with E-state index in [1.165, 1.54) is 0 Å². The van der Waals surface area contributed by atoms with Gasteiger partial charge in [0.25, 0.3) is 0 Å². The third kappa shape index (κ3) is 4.26. The van der Waals surface area contributed by atoms with Crippen molar-refractivity contribution in [2.45, 2.75) is 13.3 Å². The molecule has 2 rings (SSSR count). The fourth-order valence-corrected chi connectivity index (χ4v) is 1.75. The summed E-state index contributed by atoms with van der Waals surface area (Å²) in [6, 6.07) is 5.80. The Labute approximate surface area is 113 Å². The molecular weight excluding hydrogens is 240 g/mol. The van der Waals surface area contributed by atoms with E-state index in [-0.39, 0.29) is 0 Å². The van der Waals surface area contributed by atoms with Crippen molar-refractivity contribution < 1.29 is 0 Å². The Morgan fingerprint density at radius 2 is 2.05 bits per heavy atom. The second kappa shape index (κ2) is 6.75. The van der Waals surface area contributed by atoms with Gasteiger partial charge in [-0.2, -0.15) is 0 Å². The maximum Gasteiger partial charge on any atom is 0.137 e. The monoisotopic (exact) mass is 260 g/mol.